The van der Waals surface area contributed by atoms with Crippen molar-refractivity contribution in [2.45, 2.75) is 13.0 Å². The van der Waals surface area contributed by atoms with E-state index < -0.39 is 0 Å². The fourth-order valence-electron chi connectivity index (χ4n) is 1.69. The topological polar surface area (TPSA) is 78.1 Å². The third-order valence-corrected chi connectivity index (χ3v) is 3.64. The highest BCUT2D eigenvalue weighted by Gasteiger charge is 2.11. The summed E-state index contributed by atoms with van der Waals surface area (Å²) in [5.74, 6) is -0.150. The molecule has 2 rings (SSSR count). The number of nitrogens with one attached hydrogen (secondary N) is 2. The van der Waals surface area contributed by atoms with Crippen LogP contribution in [0.1, 0.15) is 21.7 Å². The first-order valence-electron chi connectivity index (χ1n) is 6.20. The van der Waals surface area contributed by atoms with Crippen LogP contribution in [-0.4, -0.2) is 40.5 Å². The molecule has 7 heteroatoms. The number of carbonyl (C=O) groups excluding carboxylic acids is 2. The van der Waals surface area contributed by atoms with Gasteiger partial charge in [-0.2, -0.15) is 5.10 Å². The predicted molar refractivity (Wildman–Crippen MR) is 76.3 cm³/mol. The fraction of sp³-hybridized carbons (Fsp3) is 0.308. The van der Waals surface area contributed by atoms with Crippen molar-refractivity contribution in [2.24, 2.45) is 0 Å². The molecule has 2 aromatic heterocycles. The molecular formula is C13H16N4O2S. The molecule has 0 aliphatic rings. The Labute approximate surface area is 120 Å². The molecule has 2 amide bonds. The molecule has 0 fully saturated rings. The van der Waals surface area contributed by atoms with E-state index in [1.807, 2.05) is 11.4 Å². The van der Waals surface area contributed by atoms with Crippen LogP contribution in [0.2, 0.25) is 0 Å². The molecule has 0 saturated heterocycles. The summed E-state index contributed by atoms with van der Waals surface area (Å²) in [6.45, 7) is 0.847. The van der Waals surface area contributed by atoms with Crippen LogP contribution in [0.4, 0.5) is 0 Å². The maximum absolute atomic E-state index is 11.9. The third-order valence-electron chi connectivity index (χ3n) is 2.77. The molecule has 20 heavy (non-hydrogen) atoms. The van der Waals surface area contributed by atoms with Gasteiger partial charge in [-0.15, -0.1) is 11.3 Å². The lowest BCUT2D eigenvalue weighted by Crippen LogP contribution is -2.31. The van der Waals surface area contributed by atoms with Gasteiger partial charge in [-0.3, -0.25) is 14.7 Å². The number of hydrogen-bond donors (Lipinski definition) is 2. The monoisotopic (exact) mass is 292 g/mol. The molecule has 0 radical (unpaired) electrons. The van der Waals surface area contributed by atoms with E-state index in [1.54, 1.807) is 30.4 Å². The largest absolute Gasteiger partial charge is 0.351 e. The number of H-pyrrole nitrogens is 1. The van der Waals surface area contributed by atoms with Crippen molar-refractivity contribution < 1.29 is 9.59 Å². The van der Waals surface area contributed by atoms with Gasteiger partial charge in [-0.05, 0) is 11.4 Å². The first kappa shape index (κ1) is 14.3. The Kier molecular flexibility index (Phi) is 4.89. The molecule has 0 unspecified atom stereocenters. The van der Waals surface area contributed by atoms with Crippen molar-refractivity contribution >= 4 is 23.2 Å². The summed E-state index contributed by atoms with van der Waals surface area (Å²) in [4.78, 5) is 25.8. The van der Waals surface area contributed by atoms with Crippen molar-refractivity contribution in [1.29, 1.82) is 0 Å². The SMILES string of the molecule is CN(Cc1cn[nH]c1)C(=O)CCNC(=O)c1cccs1. The number of hydrogen-bond acceptors (Lipinski definition) is 4. The lowest BCUT2D eigenvalue weighted by atomic mass is 10.3. The van der Waals surface area contributed by atoms with Gasteiger partial charge in [0.2, 0.25) is 5.91 Å². The Balaban J connectivity index is 1.71. The van der Waals surface area contributed by atoms with Gasteiger partial charge in [0.15, 0.2) is 0 Å². The predicted octanol–water partition coefficient (Wildman–Crippen LogP) is 1.25. The van der Waals surface area contributed by atoms with E-state index in [9.17, 15) is 9.59 Å². The number of aromatic amines is 1. The number of amides is 2. The van der Waals surface area contributed by atoms with Crippen molar-refractivity contribution in [3.8, 4) is 0 Å². The molecule has 0 aliphatic heterocycles. The zero-order valence-corrected chi connectivity index (χ0v) is 11.9. The zero-order chi connectivity index (χ0) is 14.4. The van der Waals surface area contributed by atoms with Crippen LogP contribution in [-0.2, 0) is 11.3 Å². The van der Waals surface area contributed by atoms with Crippen LogP contribution in [0.3, 0.4) is 0 Å². The Bertz CT molecular complexity index is 551. The van der Waals surface area contributed by atoms with E-state index in [4.69, 9.17) is 0 Å². The normalized spacial score (nSPS) is 10.2. The number of rotatable bonds is 6. The number of nitrogens with zero attached hydrogens (tertiary/aromatic N) is 2. The third kappa shape index (κ3) is 3.92. The number of carbonyl (C=O) groups is 2. The first-order valence-corrected chi connectivity index (χ1v) is 7.08. The molecule has 0 spiro atoms. The average Bonchev–Trinajstić information content (AvgIpc) is 3.11. The fourth-order valence-corrected chi connectivity index (χ4v) is 2.33. The molecule has 0 aliphatic carbocycles. The lowest BCUT2D eigenvalue weighted by molar-refractivity contribution is -0.130. The summed E-state index contributed by atoms with van der Waals surface area (Å²) in [5, 5.41) is 11.1. The summed E-state index contributed by atoms with van der Waals surface area (Å²) < 4.78 is 0. The van der Waals surface area contributed by atoms with Crippen molar-refractivity contribution in [2.75, 3.05) is 13.6 Å². The Morgan fingerprint density at radius 1 is 1.50 bits per heavy atom. The van der Waals surface area contributed by atoms with Gasteiger partial charge in [0.1, 0.15) is 0 Å². The van der Waals surface area contributed by atoms with Crippen molar-refractivity contribution in [3.05, 3.63) is 40.3 Å². The van der Waals surface area contributed by atoms with Gasteiger partial charge in [0.25, 0.3) is 5.91 Å². The van der Waals surface area contributed by atoms with Crippen molar-refractivity contribution in [1.82, 2.24) is 20.4 Å². The maximum atomic E-state index is 11.9. The molecule has 0 saturated carbocycles. The molecule has 0 aromatic carbocycles. The van der Waals surface area contributed by atoms with Gasteiger partial charge in [-0.1, -0.05) is 6.07 Å². The van der Waals surface area contributed by atoms with Crippen LogP contribution in [0.15, 0.2) is 29.9 Å². The van der Waals surface area contributed by atoms with Crippen LogP contribution in [0.25, 0.3) is 0 Å². The Hall–Kier alpha value is -2.15. The second-order valence-corrected chi connectivity index (χ2v) is 5.29. The summed E-state index contributed by atoms with van der Waals surface area (Å²) in [6, 6.07) is 3.58. The summed E-state index contributed by atoms with van der Waals surface area (Å²) in [5.41, 5.74) is 0.948. The van der Waals surface area contributed by atoms with E-state index in [1.165, 1.54) is 11.3 Å². The molecule has 2 aromatic rings. The van der Waals surface area contributed by atoms with Gasteiger partial charge < -0.3 is 10.2 Å². The maximum Gasteiger partial charge on any atom is 0.261 e. The van der Waals surface area contributed by atoms with Gasteiger partial charge in [0.05, 0.1) is 11.1 Å². The highest BCUT2D eigenvalue weighted by molar-refractivity contribution is 7.12. The zero-order valence-electron chi connectivity index (χ0n) is 11.1. The Morgan fingerprint density at radius 3 is 3.00 bits per heavy atom. The van der Waals surface area contributed by atoms with E-state index in [-0.39, 0.29) is 18.2 Å². The van der Waals surface area contributed by atoms with Crippen LogP contribution < -0.4 is 5.32 Å². The van der Waals surface area contributed by atoms with E-state index >= 15 is 0 Å². The van der Waals surface area contributed by atoms with Crippen molar-refractivity contribution in [3.63, 3.8) is 0 Å². The van der Waals surface area contributed by atoms with E-state index in [0.29, 0.717) is 18.0 Å². The van der Waals surface area contributed by atoms with Gasteiger partial charge in [-0.25, -0.2) is 0 Å². The Morgan fingerprint density at radius 2 is 2.35 bits per heavy atom. The highest BCUT2D eigenvalue weighted by atomic mass is 32.1. The minimum absolute atomic E-state index is 0.0160. The smallest absolute Gasteiger partial charge is 0.261 e. The van der Waals surface area contributed by atoms with Gasteiger partial charge >= 0.3 is 0 Å². The molecule has 2 heterocycles. The van der Waals surface area contributed by atoms with Crippen LogP contribution in [0.5, 0.6) is 0 Å². The number of aromatic nitrogens is 2. The van der Waals surface area contributed by atoms with E-state index in [2.05, 4.69) is 15.5 Å². The van der Waals surface area contributed by atoms with Gasteiger partial charge in [0, 0.05) is 38.3 Å². The average molecular weight is 292 g/mol. The minimum atomic E-state index is -0.134. The highest BCUT2D eigenvalue weighted by Crippen LogP contribution is 2.07. The second kappa shape index (κ2) is 6.85. The summed E-state index contributed by atoms with van der Waals surface area (Å²) in [6.07, 6.45) is 3.72. The second-order valence-electron chi connectivity index (χ2n) is 4.34. The molecule has 2 N–H and O–H groups in total. The molecule has 106 valence electrons. The first-order chi connectivity index (χ1) is 9.66. The standard InChI is InChI=1S/C13H16N4O2S/c1-17(9-10-7-15-16-8-10)12(18)4-5-14-13(19)11-3-2-6-20-11/h2-3,6-8H,4-5,9H2,1H3,(H,14,19)(H,15,16). The van der Waals surface area contributed by atoms with Crippen LogP contribution >= 0.6 is 11.3 Å². The molecular weight excluding hydrogens is 276 g/mol. The summed E-state index contributed by atoms with van der Waals surface area (Å²) >= 11 is 1.38. The summed E-state index contributed by atoms with van der Waals surface area (Å²) in [7, 11) is 1.73. The lowest BCUT2D eigenvalue weighted by Gasteiger charge is -2.16. The van der Waals surface area contributed by atoms with Crippen LogP contribution in [0, 0.1) is 0 Å². The number of thiophene rings is 1. The molecule has 0 atom stereocenters. The van der Waals surface area contributed by atoms with E-state index in [0.717, 1.165) is 5.56 Å². The quantitative estimate of drug-likeness (QED) is 0.841. The molecule has 6 nitrogen and oxygen atoms in total. The minimum Gasteiger partial charge on any atom is -0.351 e. The molecule has 0 bridgehead atoms.